The van der Waals surface area contributed by atoms with E-state index < -0.39 is 0 Å². The number of anilines is 1. The van der Waals surface area contributed by atoms with E-state index >= 15 is 0 Å². The highest BCUT2D eigenvalue weighted by Gasteiger charge is 2.21. The fourth-order valence-electron chi connectivity index (χ4n) is 2.85. The zero-order chi connectivity index (χ0) is 16.2. The van der Waals surface area contributed by atoms with Gasteiger partial charge in [-0.3, -0.25) is 9.78 Å². The van der Waals surface area contributed by atoms with Gasteiger partial charge in [-0.1, -0.05) is 6.07 Å². The van der Waals surface area contributed by atoms with Gasteiger partial charge in [0, 0.05) is 51.3 Å². The minimum atomic E-state index is -0.0252. The van der Waals surface area contributed by atoms with Crippen molar-refractivity contribution >= 4 is 5.82 Å². The van der Waals surface area contributed by atoms with Crippen molar-refractivity contribution in [1.82, 2.24) is 19.9 Å². The quantitative estimate of drug-likeness (QED) is 0.920. The SMILES string of the molecule is Cc1ccc(CNC2CCN(c3nccn(C)c3=O)CC2)nc1. The average Bonchev–Trinajstić information content (AvgIpc) is 2.57. The second-order valence-electron chi connectivity index (χ2n) is 6.14. The van der Waals surface area contributed by atoms with Crippen LogP contribution in [0.15, 0.2) is 35.5 Å². The molecule has 0 radical (unpaired) electrons. The number of hydrogen-bond acceptors (Lipinski definition) is 5. The Balaban J connectivity index is 1.53. The lowest BCUT2D eigenvalue weighted by Crippen LogP contribution is -2.44. The summed E-state index contributed by atoms with van der Waals surface area (Å²) < 4.78 is 1.58. The van der Waals surface area contributed by atoms with Gasteiger partial charge in [-0.2, -0.15) is 0 Å². The third kappa shape index (κ3) is 3.76. The molecule has 23 heavy (non-hydrogen) atoms. The van der Waals surface area contributed by atoms with Crippen molar-refractivity contribution in [2.24, 2.45) is 7.05 Å². The first-order valence-electron chi connectivity index (χ1n) is 8.05. The Morgan fingerprint density at radius 2 is 2.04 bits per heavy atom. The molecule has 0 unspecified atom stereocenters. The molecule has 6 heteroatoms. The summed E-state index contributed by atoms with van der Waals surface area (Å²) in [6, 6.07) is 4.61. The summed E-state index contributed by atoms with van der Waals surface area (Å²) in [6.07, 6.45) is 7.28. The van der Waals surface area contributed by atoms with Gasteiger partial charge in [0.1, 0.15) is 0 Å². The van der Waals surface area contributed by atoms with Crippen LogP contribution in [0, 0.1) is 6.92 Å². The Morgan fingerprint density at radius 3 is 2.74 bits per heavy atom. The maximum atomic E-state index is 12.1. The van der Waals surface area contributed by atoms with Gasteiger partial charge in [0.15, 0.2) is 5.82 Å². The Kier molecular flexibility index (Phi) is 4.71. The van der Waals surface area contributed by atoms with Crippen molar-refractivity contribution in [1.29, 1.82) is 0 Å². The zero-order valence-corrected chi connectivity index (χ0v) is 13.7. The van der Waals surface area contributed by atoms with E-state index in [1.54, 1.807) is 24.0 Å². The highest BCUT2D eigenvalue weighted by Crippen LogP contribution is 2.15. The molecule has 2 aromatic heterocycles. The number of nitrogens with one attached hydrogen (secondary N) is 1. The molecule has 6 nitrogen and oxygen atoms in total. The number of rotatable bonds is 4. The lowest BCUT2D eigenvalue weighted by molar-refractivity contribution is 0.410. The van der Waals surface area contributed by atoms with Gasteiger partial charge < -0.3 is 14.8 Å². The minimum absolute atomic E-state index is 0.0252. The summed E-state index contributed by atoms with van der Waals surface area (Å²) in [4.78, 5) is 22.9. The fourth-order valence-corrected chi connectivity index (χ4v) is 2.85. The van der Waals surface area contributed by atoms with Crippen LogP contribution in [0.4, 0.5) is 5.82 Å². The van der Waals surface area contributed by atoms with E-state index in [2.05, 4.69) is 32.3 Å². The second kappa shape index (κ2) is 6.91. The smallest absolute Gasteiger partial charge is 0.293 e. The molecule has 1 saturated heterocycles. The minimum Gasteiger partial charge on any atom is -0.352 e. The molecule has 0 spiro atoms. The Morgan fingerprint density at radius 1 is 1.26 bits per heavy atom. The molecule has 3 heterocycles. The summed E-state index contributed by atoms with van der Waals surface area (Å²) in [7, 11) is 1.76. The van der Waals surface area contributed by atoms with Crippen molar-refractivity contribution in [2.75, 3.05) is 18.0 Å². The molecular formula is C17H23N5O. The molecule has 2 aromatic rings. The van der Waals surface area contributed by atoms with Crippen LogP contribution in [0.1, 0.15) is 24.1 Å². The van der Waals surface area contributed by atoms with Gasteiger partial charge in [0.25, 0.3) is 5.56 Å². The normalized spacial score (nSPS) is 15.8. The first kappa shape index (κ1) is 15.7. The molecule has 0 aromatic carbocycles. The average molecular weight is 313 g/mol. The molecule has 1 N–H and O–H groups in total. The van der Waals surface area contributed by atoms with E-state index in [0.29, 0.717) is 11.9 Å². The molecular weight excluding hydrogens is 290 g/mol. The summed E-state index contributed by atoms with van der Waals surface area (Å²) in [5.41, 5.74) is 2.22. The van der Waals surface area contributed by atoms with Crippen LogP contribution in [-0.4, -0.2) is 33.7 Å². The molecule has 3 rings (SSSR count). The number of aryl methyl sites for hydroxylation is 2. The summed E-state index contributed by atoms with van der Waals surface area (Å²) >= 11 is 0. The fraction of sp³-hybridized carbons (Fsp3) is 0.471. The lowest BCUT2D eigenvalue weighted by atomic mass is 10.0. The maximum absolute atomic E-state index is 12.1. The molecule has 0 saturated carbocycles. The van der Waals surface area contributed by atoms with E-state index in [-0.39, 0.29) is 5.56 Å². The van der Waals surface area contributed by atoms with Crippen molar-refractivity contribution in [3.8, 4) is 0 Å². The van der Waals surface area contributed by atoms with E-state index in [9.17, 15) is 4.79 Å². The van der Waals surface area contributed by atoms with E-state index in [1.165, 1.54) is 5.56 Å². The van der Waals surface area contributed by atoms with E-state index in [0.717, 1.165) is 38.2 Å². The topological polar surface area (TPSA) is 63.1 Å². The molecule has 122 valence electrons. The van der Waals surface area contributed by atoms with Crippen LogP contribution in [0.25, 0.3) is 0 Å². The number of aromatic nitrogens is 3. The third-order valence-electron chi connectivity index (χ3n) is 4.34. The van der Waals surface area contributed by atoms with Crippen molar-refractivity contribution < 1.29 is 0 Å². The van der Waals surface area contributed by atoms with Crippen LogP contribution in [-0.2, 0) is 13.6 Å². The van der Waals surface area contributed by atoms with Gasteiger partial charge >= 0.3 is 0 Å². The molecule has 1 fully saturated rings. The highest BCUT2D eigenvalue weighted by molar-refractivity contribution is 5.36. The highest BCUT2D eigenvalue weighted by atomic mass is 16.1. The molecule has 0 aliphatic carbocycles. The van der Waals surface area contributed by atoms with Crippen LogP contribution in [0.5, 0.6) is 0 Å². The first-order chi connectivity index (χ1) is 11.1. The van der Waals surface area contributed by atoms with Crippen LogP contribution in [0.2, 0.25) is 0 Å². The summed E-state index contributed by atoms with van der Waals surface area (Å²) in [6.45, 7) is 4.54. The van der Waals surface area contributed by atoms with Crippen molar-refractivity contribution in [3.63, 3.8) is 0 Å². The first-order valence-corrected chi connectivity index (χ1v) is 8.05. The van der Waals surface area contributed by atoms with Crippen LogP contribution >= 0.6 is 0 Å². The summed E-state index contributed by atoms with van der Waals surface area (Å²) in [5, 5.41) is 3.56. The monoisotopic (exact) mass is 313 g/mol. The van der Waals surface area contributed by atoms with E-state index in [1.807, 2.05) is 13.1 Å². The Hall–Kier alpha value is -2.21. The number of pyridine rings is 1. The van der Waals surface area contributed by atoms with E-state index in [4.69, 9.17) is 0 Å². The van der Waals surface area contributed by atoms with Crippen molar-refractivity contribution in [3.05, 3.63) is 52.3 Å². The zero-order valence-electron chi connectivity index (χ0n) is 13.7. The Bertz CT molecular complexity index is 702. The number of piperidine rings is 1. The molecule has 0 atom stereocenters. The van der Waals surface area contributed by atoms with Crippen molar-refractivity contribution in [2.45, 2.75) is 32.4 Å². The van der Waals surface area contributed by atoms with Gasteiger partial charge in [-0.25, -0.2) is 4.98 Å². The predicted octanol–water partition coefficient (Wildman–Crippen LogP) is 1.24. The largest absolute Gasteiger partial charge is 0.352 e. The van der Waals surface area contributed by atoms with Gasteiger partial charge in [0.2, 0.25) is 0 Å². The molecule has 0 amide bonds. The molecule has 1 aliphatic heterocycles. The predicted molar refractivity (Wildman–Crippen MR) is 90.5 cm³/mol. The maximum Gasteiger partial charge on any atom is 0.293 e. The second-order valence-corrected chi connectivity index (χ2v) is 6.14. The third-order valence-corrected chi connectivity index (χ3v) is 4.34. The molecule has 1 aliphatic rings. The lowest BCUT2D eigenvalue weighted by Gasteiger charge is -2.32. The van der Waals surface area contributed by atoms with Gasteiger partial charge in [0.05, 0.1) is 5.69 Å². The number of nitrogens with zero attached hydrogens (tertiary/aromatic N) is 4. The standard InChI is InChI=1S/C17H23N5O/c1-13-3-4-15(19-11-13)12-20-14-5-8-22(9-6-14)16-17(23)21(2)10-7-18-16/h3-4,7,10-11,14,20H,5-6,8-9,12H2,1-2H3. The number of hydrogen-bond donors (Lipinski definition) is 1. The Labute approximate surface area is 136 Å². The van der Waals surface area contributed by atoms with Crippen LogP contribution < -0.4 is 15.8 Å². The van der Waals surface area contributed by atoms with Gasteiger partial charge in [-0.05, 0) is 31.4 Å². The van der Waals surface area contributed by atoms with Gasteiger partial charge in [-0.15, -0.1) is 0 Å². The van der Waals surface area contributed by atoms with Crippen LogP contribution in [0.3, 0.4) is 0 Å². The molecule has 0 bridgehead atoms. The summed E-state index contributed by atoms with van der Waals surface area (Å²) in [5.74, 6) is 0.564.